The first-order chi connectivity index (χ1) is 14.2. The van der Waals surface area contributed by atoms with E-state index in [0.717, 1.165) is 11.1 Å². The van der Waals surface area contributed by atoms with Crippen molar-refractivity contribution in [3.63, 3.8) is 0 Å². The molecular formula is C24H28N2O4. The van der Waals surface area contributed by atoms with E-state index in [1.807, 2.05) is 19.1 Å². The molecule has 1 saturated heterocycles. The number of ketones is 1. The number of rotatable bonds is 5. The zero-order chi connectivity index (χ0) is 22.1. The molecular weight excluding hydrogens is 380 g/mol. The lowest BCUT2D eigenvalue weighted by Crippen LogP contribution is -2.30. The molecule has 0 spiro atoms. The van der Waals surface area contributed by atoms with E-state index in [1.165, 1.54) is 12.0 Å². The molecule has 0 aliphatic carbocycles. The van der Waals surface area contributed by atoms with E-state index >= 15 is 0 Å². The maximum atomic E-state index is 13.0. The number of ether oxygens (including phenoxy) is 1. The van der Waals surface area contributed by atoms with E-state index in [4.69, 9.17) is 4.74 Å². The zero-order valence-corrected chi connectivity index (χ0v) is 18.1. The van der Waals surface area contributed by atoms with Crippen molar-refractivity contribution in [1.82, 2.24) is 9.88 Å². The van der Waals surface area contributed by atoms with Gasteiger partial charge in [-0.25, -0.2) is 0 Å². The Morgan fingerprint density at radius 1 is 1.17 bits per heavy atom. The summed E-state index contributed by atoms with van der Waals surface area (Å²) < 4.78 is 5.46. The van der Waals surface area contributed by atoms with Crippen LogP contribution in [0.25, 0.3) is 5.76 Å². The number of nitrogens with zero attached hydrogens (tertiary/aromatic N) is 2. The number of aliphatic hydroxyl groups excluding tert-OH is 1. The first kappa shape index (κ1) is 21.6. The van der Waals surface area contributed by atoms with Gasteiger partial charge in [0.15, 0.2) is 0 Å². The largest absolute Gasteiger partial charge is 0.507 e. The molecule has 30 heavy (non-hydrogen) atoms. The van der Waals surface area contributed by atoms with Gasteiger partial charge >= 0.3 is 0 Å². The molecule has 1 N–H and O–H groups in total. The second kappa shape index (κ2) is 8.30. The molecule has 158 valence electrons. The van der Waals surface area contributed by atoms with Gasteiger partial charge in [0.2, 0.25) is 0 Å². The van der Waals surface area contributed by atoms with Gasteiger partial charge in [0.05, 0.1) is 24.3 Å². The molecule has 1 atom stereocenters. The standard InChI is InChI=1S/C24H28N2O4/c1-6-13-26-20(15-9-11-25-12-10-15)19(22(28)23(26)29)21(27)17-14-16(24(2,3)4)7-8-18(17)30-5/h7-12,14,20,27H,6,13H2,1-5H3/b21-19+. The maximum absolute atomic E-state index is 13.0. The molecule has 6 heteroatoms. The Morgan fingerprint density at radius 2 is 1.83 bits per heavy atom. The number of methoxy groups -OCH3 is 1. The topological polar surface area (TPSA) is 79.7 Å². The van der Waals surface area contributed by atoms with Crippen LogP contribution in [0.3, 0.4) is 0 Å². The van der Waals surface area contributed by atoms with Crippen molar-refractivity contribution in [3.05, 3.63) is 65.0 Å². The van der Waals surface area contributed by atoms with Crippen LogP contribution in [0.15, 0.2) is 48.3 Å². The second-order valence-electron chi connectivity index (χ2n) is 8.44. The van der Waals surface area contributed by atoms with Crippen molar-refractivity contribution in [2.75, 3.05) is 13.7 Å². The van der Waals surface area contributed by atoms with Gasteiger partial charge in [0.1, 0.15) is 11.5 Å². The summed E-state index contributed by atoms with van der Waals surface area (Å²) >= 11 is 0. The summed E-state index contributed by atoms with van der Waals surface area (Å²) in [6.45, 7) is 8.55. The van der Waals surface area contributed by atoms with Crippen LogP contribution in [-0.2, 0) is 15.0 Å². The Balaban J connectivity index is 2.26. The lowest BCUT2D eigenvalue weighted by Gasteiger charge is -2.25. The van der Waals surface area contributed by atoms with Gasteiger partial charge in [-0.1, -0.05) is 33.8 Å². The number of carbonyl (C=O) groups is 2. The molecule has 0 radical (unpaired) electrons. The van der Waals surface area contributed by atoms with Crippen LogP contribution in [0, 0.1) is 0 Å². The minimum absolute atomic E-state index is 0.0732. The van der Waals surface area contributed by atoms with Crippen molar-refractivity contribution in [3.8, 4) is 5.75 Å². The van der Waals surface area contributed by atoms with Crippen LogP contribution in [0.2, 0.25) is 0 Å². The van der Waals surface area contributed by atoms with Gasteiger partial charge in [-0.05, 0) is 47.2 Å². The van der Waals surface area contributed by atoms with E-state index < -0.39 is 17.7 Å². The molecule has 2 aromatic rings. The fourth-order valence-electron chi connectivity index (χ4n) is 3.75. The third-order valence-electron chi connectivity index (χ3n) is 5.35. The fourth-order valence-corrected chi connectivity index (χ4v) is 3.75. The van der Waals surface area contributed by atoms with Gasteiger partial charge in [0, 0.05) is 18.9 Å². The number of pyridine rings is 1. The van der Waals surface area contributed by atoms with E-state index in [0.29, 0.717) is 24.3 Å². The molecule has 1 aromatic heterocycles. The number of carbonyl (C=O) groups excluding carboxylic acids is 2. The van der Waals surface area contributed by atoms with Crippen LogP contribution < -0.4 is 4.74 Å². The number of likely N-dealkylation sites (tertiary alicyclic amines) is 1. The molecule has 1 unspecified atom stereocenters. The van der Waals surface area contributed by atoms with Crippen LogP contribution >= 0.6 is 0 Å². The van der Waals surface area contributed by atoms with Gasteiger partial charge in [-0.15, -0.1) is 0 Å². The van der Waals surface area contributed by atoms with Crippen molar-refractivity contribution in [1.29, 1.82) is 0 Å². The quantitative estimate of drug-likeness (QED) is 0.455. The van der Waals surface area contributed by atoms with Crippen molar-refractivity contribution in [2.24, 2.45) is 0 Å². The monoisotopic (exact) mass is 408 g/mol. The highest BCUT2D eigenvalue weighted by atomic mass is 16.5. The normalized spacial score (nSPS) is 18.7. The molecule has 3 rings (SSSR count). The smallest absolute Gasteiger partial charge is 0.295 e. The molecule has 1 amide bonds. The van der Waals surface area contributed by atoms with Crippen molar-refractivity contribution >= 4 is 17.4 Å². The van der Waals surface area contributed by atoms with Gasteiger partial charge in [-0.2, -0.15) is 0 Å². The van der Waals surface area contributed by atoms with E-state index in [9.17, 15) is 14.7 Å². The lowest BCUT2D eigenvalue weighted by atomic mass is 9.85. The molecule has 2 heterocycles. The maximum Gasteiger partial charge on any atom is 0.295 e. The predicted molar refractivity (Wildman–Crippen MR) is 115 cm³/mol. The number of hydrogen-bond acceptors (Lipinski definition) is 5. The fraction of sp³-hybridized carbons (Fsp3) is 0.375. The van der Waals surface area contributed by atoms with Crippen LogP contribution in [0.4, 0.5) is 0 Å². The predicted octanol–water partition coefficient (Wildman–Crippen LogP) is 4.22. The number of aromatic nitrogens is 1. The molecule has 6 nitrogen and oxygen atoms in total. The summed E-state index contributed by atoms with van der Waals surface area (Å²) in [4.78, 5) is 31.3. The van der Waals surface area contributed by atoms with E-state index in [2.05, 4.69) is 25.8 Å². The molecule has 0 saturated carbocycles. The zero-order valence-electron chi connectivity index (χ0n) is 18.1. The van der Waals surface area contributed by atoms with Crippen molar-refractivity contribution < 1.29 is 19.4 Å². The summed E-state index contributed by atoms with van der Waals surface area (Å²) in [5.74, 6) is -1.08. The van der Waals surface area contributed by atoms with E-state index in [1.54, 1.807) is 30.6 Å². The molecule has 1 fully saturated rings. The summed E-state index contributed by atoms with van der Waals surface area (Å²) in [5, 5.41) is 11.3. The third-order valence-corrected chi connectivity index (χ3v) is 5.35. The number of aliphatic hydroxyl groups is 1. The van der Waals surface area contributed by atoms with E-state index in [-0.39, 0.29) is 16.7 Å². The number of Topliss-reactive ketones (excluding diaryl/α,β-unsaturated/α-hetero) is 1. The molecule has 0 bridgehead atoms. The summed E-state index contributed by atoms with van der Waals surface area (Å²) in [5.41, 5.74) is 2.01. The highest BCUT2D eigenvalue weighted by molar-refractivity contribution is 6.46. The first-order valence-electron chi connectivity index (χ1n) is 10.1. The van der Waals surface area contributed by atoms with Crippen LogP contribution in [0.5, 0.6) is 5.75 Å². The number of hydrogen-bond donors (Lipinski definition) is 1. The Bertz CT molecular complexity index is 990. The Morgan fingerprint density at radius 3 is 2.40 bits per heavy atom. The SMILES string of the molecule is CCCN1C(=O)C(=O)/C(=C(/O)c2cc(C(C)(C)C)ccc2OC)C1c1ccncc1. The van der Waals surface area contributed by atoms with Gasteiger partial charge < -0.3 is 14.7 Å². The summed E-state index contributed by atoms with van der Waals surface area (Å²) in [6.07, 6.45) is 3.92. The van der Waals surface area contributed by atoms with Crippen LogP contribution in [0.1, 0.15) is 56.8 Å². The number of benzene rings is 1. The average Bonchev–Trinajstić information content (AvgIpc) is 2.98. The highest BCUT2D eigenvalue weighted by Gasteiger charge is 2.46. The Kier molecular flexibility index (Phi) is 5.97. The average molecular weight is 408 g/mol. The van der Waals surface area contributed by atoms with Crippen molar-refractivity contribution in [2.45, 2.75) is 45.6 Å². The minimum atomic E-state index is -0.689. The summed E-state index contributed by atoms with van der Waals surface area (Å²) in [7, 11) is 1.51. The number of amides is 1. The Labute approximate surface area is 177 Å². The molecule has 1 aromatic carbocycles. The first-order valence-corrected chi connectivity index (χ1v) is 10.1. The Hall–Kier alpha value is -3.15. The minimum Gasteiger partial charge on any atom is -0.507 e. The molecule has 1 aliphatic rings. The van der Waals surface area contributed by atoms with Gasteiger partial charge in [0.25, 0.3) is 11.7 Å². The summed E-state index contributed by atoms with van der Waals surface area (Å²) in [6, 6.07) is 8.39. The van der Waals surface area contributed by atoms with Gasteiger partial charge in [-0.3, -0.25) is 14.6 Å². The highest BCUT2D eigenvalue weighted by Crippen LogP contribution is 2.41. The van der Waals surface area contributed by atoms with Crippen LogP contribution in [-0.4, -0.2) is 40.3 Å². The molecule has 1 aliphatic heterocycles. The third kappa shape index (κ3) is 3.82. The lowest BCUT2D eigenvalue weighted by molar-refractivity contribution is -0.139. The second-order valence-corrected chi connectivity index (χ2v) is 8.44.